The van der Waals surface area contributed by atoms with Crippen molar-refractivity contribution < 1.29 is 4.74 Å². The quantitative estimate of drug-likeness (QED) is 0.453. The maximum Gasteiger partial charge on any atom is 0.0673 e. The molecule has 0 radical (unpaired) electrons. The van der Waals surface area contributed by atoms with Crippen LogP contribution in [0.4, 0.5) is 0 Å². The Balaban J connectivity index is 2.18. The number of alkyl halides is 1. The largest absolute Gasteiger partial charge is 0.376 e. The number of hydrogen-bond donors (Lipinski definition) is 0. The van der Waals surface area contributed by atoms with E-state index in [0.29, 0.717) is 18.6 Å². The van der Waals surface area contributed by atoms with Gasteiger partial charge in [-0.05, 0) is 6.42 Å². The molecule has 0 aromatic rings. The highest BCUT2D eigenvalue weighted by atomic mass is 35.5. The van der Waals surface area contributed by atoms with Gasteiger partial charge in [-0.25, -0.2) is 0 Å². The molecule has 0 N–H and O–H groups in total. The van der Waals surface area contributed by atoms with Gasteiger partial charge < -0.3 is 4.74 Å². The van der Waals surface area contributed by atoms with Crippen LogP contribution in [0.5, 0.6) is 0 Å². The first-order valence-corrected chi connectivity index (χ1v) is 4.07. The smallest absolute Gasteiger partial charge is 0.0673 e. The molecule has 2 heteroatoms. The van der Waals surface area contributed by atoms with Crippen LogP contribution in [0.15, 0.2) is 12.7 Å². The Morgan fingerprint density at radius 1 is 1.90 bits per heavy atom. The molecular weight excluding hydrogens is 148 g/mol. The van der Waals surface area contributed by atoms with Crippen molar-refractivity contribution in [1.82, 2.24) is 0 Å². The molecule has 58 valence electrons. The third-order valence-corrected chi connectivity index (χ3v) is 2.22. The molecule has 0 saturated heterocycles. The molecule has 1 saturated carbocycles. The van der Waals surface area contributed by atoms with Crippen molar-refractivity contribution in [3.63, 3.8) is 0 Å². The maximum absolute atomic E-state index is 5.46. The van der Waals surface area contributed by atoms with Crippen LogP contribution in [0.25, 0.3) is 0 Å². The lowest BCUT2D eigenvalue weighted by Gasteiger charge is -2.03. The topological polar surface area (TPSA) is 9.23 Å². The Hall–Kier alpha value is -0.0100. The van der Waals surface area contributed by atoms with Crippen molar-refractivity contribution in [2.24, 2.45) is 5.41 Å². The highest BCUT2D eigenvalue weighted by Crippen LogP contribution is 2.48. The molecule has 2 unspecified atom stereocenters. The van der Waals surface area contributed by atoms with Gasteiger partial charge in [0.05, 0.1) is 12.7 Å². The van der Waals surface area contributed by atoms with E-state index in [-0.39, 0.29) is 5.41 Å². The van der Waals surface area contributed by atoms with E-state index >= 15 is 0 Å². The molecule has 1 fully saturated rings. The lowest BCUT2D eigenvalue weighted by atomic mass is 10.1. The highest BCUT2D eigenvalue weighted by molar-refractivity contribution is 6.17. The van der Waals surface area contributed by atoms with Crippen molar-refractivity contribution in [3.8, 4) is 0 Å². The molecule has 1 nitrogen and oxygen atoms in total. The van der Waals surface area contributed by atoms with Crippen molar-refractivity contribution in [2.75, 3.05) is 12.5 Å². The van der Waals surface area contributed by atoms with Gasteiger partial charge in [-0.1, -0.05) is 13.0 Å². The summed E-state index contributed by atoms with van der Waals surface area (Å²) in [5, 5.41) is 0. The van der Waals surface area contributed by atoms with Crippen LogP contribution in [0.3, 0.4) is 0 Å². The van der Waals surface area contributed by atoms with Gasteiger partial charge in [0.1, 0.15) is 0 Å². The average molecular weight is 161 g/mol. The first-order valence-electron chi connectivity index (χ1n) is 3.54. The summed E-state index contributed by atoms with van der Waals surface area (Å²) in [6.07, 6.45) is 3.45. The third-order valence-electron chi connectivity index (χ3n) is 2.06. The van der Waals surface area contributed by atoms with Crippen molar-refractivity contribution in [3.05, 3.63) is 12.7 Å². The van der Waals surface area contributed by atoms with Crippen LogP contribution in [0.2, 0.25) is 0 Å². The lowest BCUT2D eigenvalue weighted by Crippen LogP contribution is -2.04. The molecule has 0 spiro atoms. The predicted octanol–water partition coefficient (Wildman–Crippen LogP) is 2.21. The van der Waals surface area contributed by atoms with E-state index in [1.165, 1.54) is 0 Å². The summed E-state index contributed by atoms with van der Waals surface area (Å²) >= 11 is 5.46. The summed E-state index contributed by atoms with van der Waals surface area (Å²) in [5.41, 5.74) is 0.242. The fourth-order valence-electron chi connectivity index (χ4n) is 0.991. The van der Waals surface area contributed by atoms with Gasteiger partial charge in [0, 0.05) is 11.3 Å². The van der Waals surface area contributed by atoms with Crippen LogP contribution < -0.4 is 0 Å². The fraction of sp³-hybridized carbons (Fsp3) is 0.750. The van der Waals surface area contributed by atoms with Gasteiger partial charge in [0.25, 0.3) is 0 Å². The van der Waals surface area contributed by atoms with Crippen LogP contribution in [0.1, 0.15) is 13.3 Å². The van der Waals surface area contributed by atoms with E-state index in [9.17, 15) is 0 Å². The Kier molecular flexibility index (Phi) is 2.37. The molecule has 0 amide bonds. The Labute approximate surface area is 67.0 Å². The van der Waals surface area contributed by atoms with Crippen molar-refractivity contribution >= 4 is 11.6 Å². The fourth-order valence-corrected chi connectivity index (χ4v) is 1.08. The van der Waals surface area contributed by atoms with Gasteiger partial charge in [-0.2, -0.15) is 0 Å². The second kappa shape index (κ2) is 2.93. The summed E-state index contributed by atoms with van der Waals surface area (Å²) in [7, 11) is 0. The molecule has 2 atom stereocenters. The first-order chi connectivity index (χ1) is 4.73. The third kappa shape index (κ3) is 1.53. The molecule has 0 aromatic heterocycles. The number of rotatable bonds is 4. The first kappa shape index (κ1) is 8.09. The molecular formula is C8H13ClO. The normalized spacial score (nSPS) is 37.6. The standard InChI is InChI=1S/C8H13ClO/c1-3-8(2)6-7(8)10-5-4-9/h3,7H,1,4-6H2,2H3. The Bertz CT molecular complexity index is 135. The molecule has 0 aliphatic heterocycles. The van der Waals surface area contributed by atoms with E-state index in [2.05, 4.69) is 13.5 Å². The summed E-state index contributed by atoms with van der Waals surface area (Å²) in [6, 6.07) is 0. The average Bonchev–Trinajstić information content (AvgIpc) is 2.59. The molecule has 1 aliphatic rings. The van der Waals surface area contributed by atoms with E-state index in [1.54, 1.807) is 0 Å². The highest BCUT2D eigenvalue weighted by Gasteiger charge is 2.48. The predicted molar refractivity (Wildman–Crippen MR) is 43.4 cm³/mol. The zero-order valence-corrected chi connectivity index (χ0v) is 7.03. The minimum atomic E-state index is 0.242. The van der Waals surface area contributed by atoms with E-state index < -0.39 is 0 Å². The Morgan fingerprint density at radius 2 is 2.60 bits per heavy atom. The lowest BCUT2D eigenvalue weighted by molar-refractivity contribution is 0.115. The van der Waals surface area contributed by atoms with Gasteiger partial charge in [-0.3, -0.25) is 0 Å². The molecule has 1 rings (SSSR count). The van der Waals surface area contributed by atoms with Gasteiger partial charge in [0.2, 0.25) is 0 Å². The van der Waals surface area contributed by atoms with Gasteiger partial charge in [-0.15, -0.1) is 18.2 Å². The van der Waals surface area contributed by atoms with Crippen LogP contribution in [-0.4, -0.2) is 18.6 Å². The van der Waals surface area contributed by atoms with E-state index in [0.717, 1.165) is 6.42 Å². The number of ether oxygens (including phenoxy) is 1. The number of halogens is 1. The summed E-state index contributed by atoms with van der Waals surface area (Å²) in [5.74, 6) is 0.587. The maximum atomic E-state index is 5.46. The second-order valence-electron chi connectivity index (χ2n) is 2.96. The van der Waals surface area contributed by atoms with Crippen molar-refractivity contribution in [2.45, 2.75) is 19.4 Å². The Morgan fingerprint density at radius 3 is 3.00 bits per heavy atom. The van der Waals surface area contributed by atoms with E-state index in [4.69, 9.17) is 16.3 Å². The minimum absolute atomic E-state index is 0.242. The number of hydrogen-bond acceptors (Lipinski definition) is 1. The van der Waals surface area contributed by atoms with Gasteiger partial charge >= 0.3 is 0 Å². The van der Waals surface area contributed by atoms with Gasteiger partial charge in [0.15, 0.2) is 0 Å². The van der Waals surface area contributed by atoms with Crippen LogP contribution in [-0.2, 0) is 4.74 Å². The molecule has 0 aromatic carbocycles. The molecule has 0 bridgehead atoms. The zero-order chi connectivity index (χ0) is 7.61. The monoisotopic (exact) mass is 160 g/mol. The van der Waals surface area contributed by atoms with Crippen LogP contribution in [0, 0.1) is 5.41 Å². The summed E-state index contributed by atoms with van der Waals surface area (Å²) in [4.78, 5) is 0. The molecule has 0 heterocycles. The van der Waals surface area contributed by atoms with E-state index in [1.807, 2.05) is 6.08 Å². The zero-order valence-electron chi connectivity index (χ0n) is 6.27. The second-order valence-corrected chi connectivity index (χ2v) is 3.34. The van der Waals surface area contributed by atoms with Crippen molar-refractivity contribution in [1.29, 1.82) is 0 Å². The summed E-state index contributed by atoms with van der Waals surface area (Å²) < 4.78 is 5.41. The molecule has 10 heavy (non-hydrogen) atoms. The SMILES string of the molecule is C=CC1(C)CC1OCCCl. The van der Waals surface area contributed by atoms with Crippen LogP contribution >= 0.6 is 11.6 Å². The molecule has 1 aliphatic carbocycles. The minimum Gasteiger partial charge on any atom is -0.376 e. The summed E-state index contributed by atoms with van der Waals surface area (Å²) in [6.45, 7) is 6.55.